The molecule has 3 heterocycles. The number of nitrogens with zero attached hydrogens (tertiary/aromatic N) is 3. The van der Waals surface area contributed by atoms with Crippen LogP contribution in [0.2, 0.25) is 5.28 Å². The standard InChI is InChI=1S/C17H22ClN3O2S/c1-3-10-23-16(22)13-11(2)12-14(19-17(18)20-15(12)24-13)21-8-6-4-5-7-9-21/h3-10H2,1-2H3. The third-order valence-corrected chi connectivity index (χ3v) is 5.61. The lowest BCUT2D eigenvalue weighted by molar-refractivity contribution is 0.0510. The van der Waals surface area contributed by atoms with Gasteiger partial charge in [0.15, 0.2) is 0 Å². The van der Waals surface area contributed by atoms with Gasteiger partial charge in [-0.25, -0.2) is 9.78 Å². The number of rotatable bonds is 4. The van der Waals surface area contributed by atoms with Crippen LogP contribution in [0, 0.1) is 6.92 Å². The number of ether oxygens (including phenoxy) is 1. The van der Waals surface area contributed by atoms with Crippen molar-refractivity contribution >= 4 is 44.9 Å². The van der Waals surface area contributed by atoms with Crippen LogP contribution in [-0.4, -0.2) is 35.6 Å². The lowest BCUT2D eigenvalue weighted by Gasteiger charge is -2.22. The third kappa shape index (κ3) is 3.49. The Bertz CT molecular complexity index is 739. The third-order valence-electron chi connectivity index (χ3n) is 4.27. The summed E-state index contributed by atoms with van der Waals surface area (Å²) in [7, 11) is 0. The van der Waals surface area contributed by atoms with Crippen LogP contribution in [0.5, 0.6) is 0 Å². The van der Waals surface area contributed by atoms with Crippen molar-refractivity contribution in [1.29, 1.82) is 0 Å². The first-order valence-corrected chi connectivity index (χ1v) is 9.70. The number of esters is 1. The van der Waals surface area contributed by atoms with E-state index in [1.807, 2.05) is 13.8 Å². The predicted molar refractivity (Wildman–Crippen MR) is 98.4 cm³/mol. The van der Waals surface area contributed by atoms with Gasteiger partial charge in [-0.15, -0.1) is 11.3 Å². The van der Waals surface area contributed by atoms with E-state index in [1.54, 1.807) is 0 Å². The highest BCUT2D eigenvalue weighted by Crippen LogP contribution is 2.37. The maximum atomic E-state index is 12.3. The van der Waals surface area contributed by atoms with E-state index in [-0.39, 0.29) is 11.3 Å². The van der Waals surface area contributed by atoms with Crippen molar-refractivity contribution in [2.75, 3.05) is 24.6 Å². The number of anilines is 1. The van der Waals surface area contributed by atoms with E-state index >= 15 is 0 Å². The minimum Gasteiger partial charge on any atom is -0.462 e. The Morgan fingerprint density at radius 2 is 1.96 bits per heavy atom. The summed E-state index contributed by atoms with van der Waals surface area (Å²) in [4.78, 5) is 24.8. The largest absolute Gasteiger partial charge is 0.462 e. The number of aryl methyl sites for hydroxylation is 1. The molecule has 1 saturated heterocycles. The van der Waals surface area contributed by atoms with E-state index in [0.717, 1.165) is 53.9 Å². The first-order chi connectivity index (χ1) is 11.6. The lowest BCUT2D eigenvalue weighted by Crippen LogP contribution is -2.25. The Hall–Kier alpha value is -1.40. The fourth-order valence-electron chi connectivity index (χ4n) is 3.06. The first kappa shape index (κ1) is 17.4. The van der Waals surface area contributed by atoms with Crippen LogP contribution in [0.1, 0.15) is 54.3 Å². The van der Waals surface area contributed by atoms with Crippen molar-refractivity contribution in [1.82, 2.24) is 9.97 Å². The molecule has 0 amide bonds. The van der Waals surface area contributed by atoms with Gasteiger partial charge in [-0.1, -0.05) is 19.8 Å². The molecule has 0 aromatic carbocycles. The van der Waals surface area contributed by atoms with Crippen LogP contribution in [0.4, 0.5) is 5.82 Å². The van der Waals surface area contributed by atoms with Gasteiger partial charge in [0.2, 0.25) is 5.28 Å². The van der Waals surface area contributed by atoms with Crippen LogP contribution >= 0.6 is 22.9 Å². The zero-order valence-electron chi connectivity index (χ0n) is 14.1. The van der Waals surface area contributed by atoms with Gasteiger partial charge in [0.05, 0.1) is 12.0 Å². The predicted octanol–water partition coefficient (Wildman–Crippen LogP) is 4.60. The molecular weight excluding hydrogens is 346 g/mol. The second kappa shape index (κ2) is 7.66. The molecule has 1 aliphatic heterocycles. The molecule has 0 bridgehead atoms. The molecule has 0 spiro atoms. The van der Waals surface area contributed by atoms with Crippen molar-refractivity contribution in [3.63, 3.8) is 0 Å². The molecule has 0 atom stereocenters. The summed E-state index contributed by atoms with van der Waals surface area (Å²) in [6.45, 7) is 6.28. The SMILES string of the molecule is CCCOC(=O)c1sc2nc(Cl)nc(N3CCCCCC3)c2c1C. The summed E-state index contributed by atoms with van der Waals surface area (Å²) >= 11 is 7.49. The Balaban J connectivity index is 2.05. The monoisotopic (exact) mass is 367 g/mol. The first-order valence-electron chi connectivity index (χ1n) is 8.50. The number of fused-ring (bicyclic) bond motifs is 1. The van der Waals surface area contributed by atoms with Gasteiger partial charge in [0.1, 0.15) is 15.5 Å². The normalized spacial score (nSPS) is 15.5. The zero-order chi connectivity index (χ0) is 17.1. The summed E-state index contributed by atoms with van der Waals surface area (Å²) in [5, 5.41) is 1.17. The zero-order valence-corrected chi connectivity index (χ0v) is 15.7. The maximum absolute atomic E-state index is 12.3. The minimum atomic E-state index is -0.282. The molecule has 0 radical (unpaired) electrons. The van der Waals surface area contributed by atoms with E-state index in [9.17, 15) is 4.79 Å². The summed E-state index contributed by atoms with van der Waals surface area (Å²) in [6.07, 6.45) is 5.60. The van der Waals surface area contributed by atoms with Gasteiger partial charge < -0.3 is 9.64 Å². The maximum Gasteiger partial charge on any atom is 0.348 e. The van der Waals surface area contributed by atoms with Gasteiger partial charge >= 0.3 is 5.97 Å². The van der Waals surface area contributed by atoms with Crippen molar-refractivity contribution < 1.29 is 9.53 Å². The topological polar surface area (TPSA) is 55.3 Å². The highest BCUT2D eigenvalue weighted by Gasteiger charge is 2.24. The molecule has 24 heavy (non-hydrogen) atoms. The fraction of sp³-hybridized carbons (Fsp3) is 0.588. The average Bonchev–Trinajstić information content (AvgIpc) is 2.76. The van der Waals surface area contributed by atoms with E-state index in [0.29, 0.717) is 11.5 Å². The molecule has 2 aromatic heterocycles. The number of aromatic nitrogens is 2. The highest BCUT2D eigenvalue weighted by atomic mass is 35.5. The van der Waals surface area contributed by atoms with Crippen molar-refractivity contribution in [2.24, 2.45) is 0 Å². The highest BCUT2D eigenvalue weighted by molar-refractivity contribution is 7.20. The van der Waals surface area contributed by atoms with Crippen molar-refractivity contribution in [3.05, 3.63) is 15.7 Å². The molecule has 1 aliphatic rings. The second-order valence-corrected chi connectivity index (χ2v) is 7.43. The number of hydrogen-bond acceptors (Lipinski definition) is 6. The Kier molecular flexibility index (Phi) is 5.56. The smallest absolute Gasteiger partial charge is 0.348 e. The fourth-order valence-corrected chi connectivity index (χ4v) is 4.34. The molecule has 3 rings (SSSR count). The van der Waals surface area contributed by atoms with E-state index in [4.69, 9.17) is 16.3 Å². The Morgan fingerprint density at radius 1 is 1.25 bits per heavy atom. The van der Waals surface area contributed by atoms with E-state index in [2.05, 4.69) is 14.9 Å². The molecule has 7 heteroatoms. The summed E-state index contributed by atoms with van der Waals surface area (Å²) < 4.78 is 5.30. The Labute approximate surface area is 151 Å². The molecule has 130 valence electrons. The van der Waals surface area contributed by atoms with Crippen LogP contribution in [0.15, 0.2) is 0 Å². The number of thiophene rings is 1. The van der Waals surface area contributed by atoms with Crippen LogP contribution in [0.3, 0.4) is 0 Å². The van der Waals surface area contributed by atoms with Crippen LogP contribution < -0.4 is 4.90 Å². The molecular formula is C17H22ClN3O2S. The van der Waals surface area contributed by atoms with Gasteiger partial charge in [-0.2, -0.15) is 4.98 Å². The summed E-state index contributed by atoms with van der Waals surface area (Å²) in [5.74, 6) is 0.575. The number of carbonyl (C=O) groups is 1. The molecule has 0 aliphatic carbocycles. The quantitative estimate of drug-likeness (QED) is 0.583. The molecule has 0 saturated carbocycles. The van der Waals surface area contributed by atoms with Gasteiger partial charge in [-0.05, 0) is 43.4 Å². The average molecular weight is 368 g/mol. The summed E-state index contributed by atoms with van der Waals surface area (Å²) in [5.41, 5.74) is 0.895. The van der Waals surface area contributed by atoms with Gasteiger partial charge in [0.25, 0.3) is 0 Å². The van der Waals surface area contributed by atoms with Crippen molar-refractivity contribution in [2.45, 2.75) is 46.0 Å². The van der Waals surface area contributed by atoms with Crippen molar-refractivity contribution in [3.8, 4) is 0 Å². The van der Waals surface area contributed by atoms with E-state index in [1.165, 1.54) is 24.2 Å². The van der Waals surface area contributed by atoms with Gasteiger partial charge in [0, 0.05) is 13.1 Å². The number of carbonyl (C=O) groups excluding carboxylic acids is 1. The van der Waals surface area contributed by atoms with E-state index < -0.39 is 0 Å². The number of halogens is 1. The lowest BCUT2D eigenvalue weighted by atomic mass is 10.2. The molecule has 0 unspecified atom stereocenters. The molecule has 5 nitrogen and oxygen atoms in total. The number of hydrogen-bond donors (Lipinski definition) is 0. The molecule has 0 N–H and O–H groups in total. The second-order valence-electron chi connectivity index (χ2n) is 6.09. The summed E-state index contributed by atoms with van der Waals surface area (Å²) in [6, 6.07) is 0. The minimum absolute atomic E-state index is 0.233. The Morgan fingerprint density at radius 3 is 2.62 bits per heavy atom. The molecule has 1 fully saturated rings. The molecule has 2 aromatic rings. The van der Waals surface area contributed by atoms with Crippen LogP contribution in [0.25, 0.3) is 10.2 Å². The van der Waals surface area contributed by atoms with Crippen LogP contribution in [-0.2, 0) is 4.74 Å². The van der Waals surface area contributed by atoms with Gasteiger partial charge in [-0.3, -0.25) is 0 Å².